The van der Waals surface area contributed by atoms with Crippen molar-refractivity contribution in [2.45, 2.75) is 31.8 Å². The first kappa shape index (κ1) is 17.1. The Labute approximate surface area is 142 Å². The van der Waals surface area contributed by atoms with Crippen LogP contribution in [0.1, 0.15) is 28.6 Å². The van der Waals surface area contributed by atoms with Crippen LogP contribution >= 0.6 is 0 Å². The maximum absolute atomic E-state index is 11.9. The van der Waals surface area contributed by atoms with E-state index >= 15 is 0 Å². The van der Waals surface area contributed by atoms with Gasteiger partial charge in [-0.15, -0.1) is 0 Å². The lowest BCUT2D eigenvalue weighted by Crippen LogP contribution is -2.33. The van der Waals surface area contributed by atoms with E-state index in [0.29, 0.717) is 11.1 Å². The first-order valence-corrected chi connectivity index (χ1v) is 7.83. The van der Waals surface area contributed by atoms with Gasteiger partial charge in [0.2, 0.25) is 0 Å². The Morgan fingerprint density at radius 2 is 2.08 bits per heavy atom. The van der Waals surface area contributed by atoms with E-state index in [1.807, 2.05) is 0 Å². The number of carbonyl (C=O) groups is 1. The molecule has 0 unspecified atom stereocenters. The molecule has 2 heterocycles. The Morgan fingerprint density at radius 3 is 2.80 bits per heavy atom. The van der Waals surface area contributed by atoms with Gasteiger partial charge in [-0.1, -0.05) is 18.2 Å². The number of rotatable bonds is 4. The highest BCUT2D eigenvalue weighted by molar-refractivity contribution is 5.89. The molecule has 1 aromatic carbocycles. The molecule has 8 nitrogen and oxygen atoms in total. The zero-order valence-electron chi connectivity index (χ0n) is 13.5. The van der Waals surface area contributed by atoms with E-state index in [4.69, 9.17) is 9.47 Å². The van der Waals surface area contributed by atoms with Crippen molar-refractivity contribution >= 4 is 5.97 Å². The minimum absolute atomic E-state index is 0.136. The molecule has 2 aromatic rings. The molecule has 1 fully saturated rings. The molecule has 1 aliphatic rings. The highest BCUT2D eigenvalue weighted by Gasteiger charge is 2.36. The van der Waals surface area contributed by atoms with Gasteiger partial charge in [0.1, 0.15) is 18.9 Å². The lowest BCUT2D eigenvalue weighted by Gasteiger charge is -2.16. The lowest BCUT2D eigenvalue weighted by molar-refractivity contribution is -0.0532. The summed E-state index contributed by atoms with van der Waals surface area (Å²) in [6, 6.07) is 8.48. The molecule has 0 radical (unpaired) electrons. The highest BCUT2D eigenvalue weighted by atomic mass is 16.6. The minimum Gasteiger partial charge on any atom is -0.459 e. The molecule has 0 aliphatic carbocycles. The lowest BCUT2D eigenvalue weighted by atomic mass is 10.2. The standard InChI is InChI=1S/C17H18N2O6/c1-10-8-19(17(23)18-15(10)21)14-7-12(20)13(25-14)9-24-16(22)11-5-3-2-4-6-11/h2-6,8,12-14,20H,7,9H2,1H3,(H,18,21,23)/t12-,13-,14-/m0/s1. The summed E-state index contributed by atoms with van der Waals surface area (Å²) in [5, 5.41) is 10.1. The highest BCUT2D eigenvalue weighted by Crippen LogP contribution is 2.27. The number of nitrogens with one attached hydrogen (secondary N) is 1. The summed E-state index contributed by atoms with van der Waals surface area (Å²) in [6.45, 7) is 1.43. The second-order valence-electron chi connectivity index (χ2n) is 5.88. The molecule has 3 atom stereocenters. The average molecular weight is 346 g/mol. The van der Waals surface area contributed by atoms with Gasteiger partial charge >= 0.3 is 11.7 Å². The summed E-state index contributed by atoms with van der Waals surface area (Å²) in [5.74, 6) is -0.517. The van der Waals surface area contributed by atoms with Gasteiger partial charge in [0.15, 0.2) is 0 Å². The maximum atomic E-state index is 11.9. The molecule has 0 saturated carbocycles. The van der Waals surface area contributed by atoms with Crippen LogP contribution in [0.2, 0.25) is 0 Å². The van der Waals surface area contributed by atoms with Crippen molar-refractivity contribution in [1.82, 2.24) is 9.55 Å². The topological polar surface area (TPSA) is 111 Å². The third-order valence-electron chi connectivity index (χ3n) is 4.05. The summed E-state index contributed by atoms with van der Waals surface area (Å²) in [4.78, 5) is 37.5. The number of H-pyrrole nitrogens is 1. The van der Waals surface area contributed by atoms with Crippen LogP contribution < -0.4 is 11.2 Å². The van der Waals surface area contributed by atoms with Crippen molar-refractivity contribution in [1.29, 1.82) is 0 Å². The fraction of sp³-hybridized carbons (Fsp3) is 0.353. The van der Waals surface area contributed by atoms with Gasteiger partial charge in [0.05, 0.1) is 11.7 Å². The van der Waals surface area contributed by atoms with E-state index in [-0.39, 0.29) is 13.0 Å². The summed E-state index contributed by atoms with van der Waals surface area (Å²) < 4.78 is 12.0. The van der Waals surface area contributed by atoms with Gasteiger partial charge in [-0.05, 0) is 19.1 Å². The Hall–Kier alpha value is -2.71. The van der Waals surface area contributed by atoms with Gasteiger partial charge in [-0.2, -0.15) is 0 Å². The van der Waals surface area contributed by atoms with E-state index in [0.717, 1.165) is 0 Å². The normalized spacial score (nSPS) is 22.7. The molecule has 3 rings (SSSR count). The van der Waals surface area contributed by atoms with Gasteiger partial charge in [0, 0.05) is 18.2 Å². The van der Waals surface area contributed by atoms with Crippen LogP contribution in [-0.4, -0.2) is 39.4 Å². The Morgan fingerprint density at radius 1 is 1.36 bits per heavy atom. The van der Waals surface area contributed by atoms with E-state index < -0.39 is 35.7 Å². The SMILES string of the molecule is Cc1cn([C@@H]2C[C@H](O)[C@H](COC(=O)c3ccccc3)O2)c(=O)[nH]c1=O. The monoisotopic (exact) mass is 346 g/mol. The van der Waals surface area contributed by atoms with Crippen molar-refractivity contribution in [3.8, 4) is 0 Å². The number of hydrogen-bond donors (Lipinski definition) is 2. The first-order chi connectivity index (χ1) is 12.0. The molecule has 8 heteroatoms. The van der Waals surface area contributed by atoms with E-state index in [1.54, 1.807) is 37.3 Å². The number of aliphatic hydroxyl groups excluding tert-OH is 1. The molecule has 0 amide bonds. The van der Waals surface area contributed by atoms with E-state index in [9.17, 15) is 19.5 Å². The number of nitrogens with zero attached hydrogens (tertiary/aromatic N) is 1. The van der Waals surface area contributed by atoms with Crippen LogP contribution in [0.3, 0.4) is 0 Å². The molecule has 0 bridgehead atoms. The fourth-order valence-corrected chi connectivity index (χ4v) is 2.65. The van der Waals surface area contributed by atoms with Crippen molar-refractivity contribution in [3.05, 3.63) is 68.5 Å². The zero-order valence-corrected chi connectivity index (χ0v) is 13.5. The minimum atomic E-state index is -0.896. The van der Waals surface area contributed by atoms with E-state index in [2.05, 4.69) is 4.98 Å². The molecular formula is C17H18N2O6. The molecule has 0 spiro atoms. The molecule has 1 aromatic heterocycles. The van der Waals surface area contributed by atoms with Gasteiger partial charge in [-0.3, -0.25) is 14.3 Å². The third kappa shape index (κ3) is 3.70. The molecule has 25 heavy (non-hydrogen) atoms. The third-order valence-corrected chi connectivity index (χ3v) is 4.05. The predicted molar refractivity (Wildman–Crippen MR) is 87.3 cm³/mol. The van der Waals surface area contributed by atoms with Gasteiger partial charge < -0.3 is 14.6 Å². The predicted octanol–water partition coefficient (Wildman–Crippen LogP) is 0.350. The molecule has 1 aliphatic heterocycles. The van der Waals surface area contributed by atoms with Crippen molar-refractivity contribution in [2.24, 2.45) is 0 Å². The Kier molecular flexibility index (Phi) is 4.82. The first-order valence-electron chi connectivity index (χ1n) is 7.83. The number of aliphatic hydroxyl groups is 1. The number of esters is 1. The smallest absolute Gasteiger partial charge is 0.338 e. The number of aryl methyl sites for hydroxylation is 1. The molecule has 2 N–H and O–H groups in total. The number of aromatic nitrogens is 2. The molecule has 1 saturated heterocycles. The Bertz CT molecular complexity index is 873. The van der Waals surface area contributed by atoms with Crippen LogP contribution in [0.4, 0.5) is 0 Å². The van der Waals surface area contributed by atoms with Crippen LogP contribution in [0, 0.1) is 6.92 Å². The molecular weight excluding hydrogens is 328 g/mol. The zero-order chi connectivity index (χ0) is 18.0. The molecule has 132 valence electrons. The van der Waals surface area contributed by atoms with Crippen LogP contribution in [0.5, 0.6) is 0 Å². The summed E-state index contributed by atoms with van der Waals surface area (Å²) >= 11 is 0. The summed E-state index contributed by atoms with van der Waals surface area (Å²) in [7, 11) is 0. The largest absolute Gasteiger partial charge is 0.459 e. The summed E-state index contributed by atoms with van der Waals surface area (Å²) in [6.07, 6.45) is -0.849. The quantitative estimate of drug-likeness (QED) is 0.773. The maximum Gasteiger partial charge on any atom is 0.338 e. The van der Waals surface area contributed by atoms with Crippen LogP contribution in [-0.2, 0) is 9.47 Å². The average Bonchev–Trinajstić information content (AvgIpc) is 2.97. The number of hydrogen-bond acceptors (Lipinski definition) is 6. The number of ether oxygens (including phenoxy) is 2. The fourth-order valence-electron chi connectivity index (χ4n) is 2.65. The Balaban J connectivity index is 1.66. The van der Waals surface area contributed by atoms with Crippen molar-refractivity contribution in [3.63, 3.8) is 0 Å². The second kappa shape index (κ2) is 7.04. The van der Waals surface area contributed by atoms with Gasteiger partial charge in [-0.25, -0.2) is 9.59 Å². The second-order valence-corrected chi connectivity index (χ2v) is 5.88. The number of carbonyl (C=O) groups excluding carboxylic acids is 1. The number of benzene rings is 1. The van der Waals surface area contributed by atoms with Crippen molar-refractivity contribution < 1.29 is 19.4 Å². The van der Waals surface area contributed by atoms with Gasteiger partial charge in [0.25, 0.3) is 5.56 Å². The van der Waals surface area contributed by atoms with Crippen LogP contribution in [0.15, 0.2) is 46.1 Å². The van der Waals surface area contributed by atoms with Crippen molar-refractivity contribution in [2.75, 3.05) is 6.61 Å². The number of aromatic amines is 1. The van der Waals surface area contributed by atoms with E-state index in [1.165, 1.54) is 10.8 Å². The summed E-state index contributed by atoms with van der Waals surface area (Å²) in [5.41, 5.74) is -0.321. The van der Waals surface area contributed by atoms with Crippen LogP contribution in [0.25, 0.3) is 0 Å².